The van der Waals surface area contributed by atoms with Gasteiger partial charge in [-0.05, 0) is 29.2 Å². The number of aromatic nitrogens is 2. The molecule has 0 bridgehead atoms. The Hall–Kier alpha value is -2.54. The SMILES string of the molecule is Nc1cccc(SCc2nc3ccccn3c2[N+](=O)[O-])c1. The number of rotatable bonds is 4. The second-order valence-corrected chi connectivity index (χ2v) is 5.48. The van der Waals surface area contributed by atoms with E-state index in [1.165, 1.54) is 16.2 Å². The van der Waals surface area contributed by atoms with E-state index in [4.69, 9.17) is 5.73 Å². The minimum atomic E-state index is -0.394. The van der Waals surface area contributed by atoms with Crippen LogP contribution in [-0.2, 0) is 5.75 Å². The number of hydrogen-bond donors (Lipinski definition) is 1. The van der Waals surface area contributed by atoms with Gasteiger partial charge in [0.1, 0.15) is 5.69 Å². The summed E-state index contributed by atoms with van der Waals surface area (Å²) in [4.78, 5) is 16.2. The van der Waals surface area contributed by atoms with Crippen molar-refractivity contribution in [3.8, 4) is 0 Å². The maximum Gasteiger partial charge on any atom is 0.351 e. The summed E-state index contributed by atoms with van der Waals surface area (Å²) in [6, 6.07) is 12.7. The van der Waals surface area contributed by atoms with Crippen LogP contribution in [-0.4, -0.2) is 14.3 Å². The summed E-state index contributed by atoms with van der Waals surface area (Å²) >= 11 is 1.47. The van der Waals surface area contributed by atoms with E-state index in [0.29, 0.717) is 22.8 Å². The zero-order valence-corrected chi connectivity index (χ0v) is 11.8. The van der Waals surface area contributed by atoms with Crippen LogP contribution in [0.5, 0.6) is 0 Å². The van der Waals surface area contributed by atoms with Crippen LogP contribution < -0.4 is 5.73 Å². The van der Waals surface area contributed by atoms with Crippen molar-refractivity contribution in [1.29, 1.82) is 0 Å². The van der Waals surface area contributed by atoms with E-state index in [9.17, 15) is 10.1 Å². The second kappa shape index (κ2) is 5.45. The molecule has 2 aromatic heterocycles. The smallest absolute Gasteiger partial charge is 0.351 e. The van der Waals surface area contributed by atoms with Crippen molar-refractivity contribution in [2.24, 2.45) is 0 Å². The zero-order valence-electron chi connectivity index (χ0n) is 11.0. The molecule has 106 valence electrons. The van der Waals surface area contributed by atoms with Gasteiger partial charge >= 0.3 is 5.82 Å². The number of benzene rings is 1. The van der Waals surface area contributed by atoms with Gasteiger partial charge in [-0.15, -0.1) is 11.8 Å². The summed E-state index contributed by atoms with van der Waals surface area (Å²) in [6.45, 7) is 0. The second-order valence-electron chi connectivity index (χ2n) is 4.43. The number of nitro groups is 1. The van der Waals surface area contributed by atoms with Crippen molar-refractivity contribution in [3.05, 3.63) is 64.5 Å². The Kier molecular flexibility index (Phi) is 3.49. The van der Waals surface area contributed by atoms with E-state index < -0.39 is 4.92 Å². The van der Waals surface area contributed by atoms with Crippen LogP contribution >= 0.6 is 11.8 Å². The van der Waals surface area contributed by atoms with E-state index in [0.717, 1.165) is 4.90 Å². The fraction of sp³-hybridized carbons (Fsp3) is 0.0714. The number of nitrogen functional groups attached to an aromatic ring is 1. The van der Waals surface area contributed by atoms with Crippen molar-refractivity contribution in [2.75, 3.05) is 5.73 Å². The first-order chi connectivity index (χ1) is 10.1. The third-order valence-electron chi connectivity index (χ3n) is 2.98. The van der Waals surface area contributed by atoms with Crippen molar-refractivity contribution < 1.29 is 4.92 Å². The van der Waals surface area contributed by atoms with Crippen molar-refractivity contribution >= 4 is 28.9 Å². The molecule has 1 aromatic carbocycles. The lowest BCUT2D eigenvalue weighted by Gasteiger charge is -2.01. The molecule has 21 heavy (non-hydrogen) atoms. The highest BCUT2D eigenvalue weighted by atomic mass is 32.2. The largest absolute Gasteiger partial charge is 0.399 e. The standard InChI is InChI=1S/C14H12N4O2S/c15-10-4-3-5-11(8-10)21-9-12-14(18(19)20)17-7-2-1-6-13(17)16-12/h1-8H,9,15H2. The van der Waals surface area contributed by atoms with Crippen molar-refractivity contribution in [1.82, 2.24) is 9.38 Å². The molecule has 3 aromatic rings. The predicted molar refractivity (Wildman–Crippen MR) is 82.3 cm³/mol. The molecule has 0 amide bonds. The molecular weight excluding hydrogens is 288 g/mol. The lowest BCUT2D eigenvalue weighted by molar-refractivity contribution is -0.391. The van der Waals surface area contributed by atoms with Gasteiger partial charge in [-0.1, -0.05) is 12.1 Å². The van der Waals surface area contributed by atoms with Gasteiger partial charge in [-0.25, -0.2) is 4.98 Å². The molecule has 2 N–H and O–H groups in total. The van der Waals surface area contributed by atoms with Crippen LogP contribution in [0.2, 0.25) is 0 Å². The van der Waals surface area contributed by atoms with Crippen LogP contribution in [0.15, 0.2) is 53.6 Å². The number of nitrogens with zero attached hydrogens (tertiary/aromatic N) is 3. The Morgan fingerprint density at radius 3 is 2.90 bits per heavy atom. The fourth-order valence-electron chi connectivity index (χ4n) is 2.08. The van der Waals surface area contributed by atoms with Crippen LogP contribution in [0, 0.1) is 10.1 Å². The van der Waals surface area contributed by atoms with Crippen LogP contribution in [0.25, 0.3) is 5.65 Å². The van der Waals surface area contributed by atoms with Crippen LogP contribution in [0.4, 0.5) is 11.5 Å². The molecule has 2 heterocycles. The molecule has 0 spiro atoms. The molecule has 0 fully saturated rings. The molecule has 0 saturated heterocycles. The normalized spacial score (nSPS) is 10.9. The predicted octanol–water partition coefficient (Wildman–Crippen LogP) is 3.12. The molecule has 0 aliphatic carbocycles. The van der Waals surface area contributed by atoms with E-state index in [1.54, 1.807) is 30.5 Å². The van der Waals surface area contributed by atoms with E-state index in [-0.39, 0.29) is 5.82 Å². The molecule has 7 heteroatoms. The van der Waals surface area contributed by atoms with Crippen LogP contribution in [0.3, 0.4) is 0 Å². The average molecular weight is 300 g/mol. The maximum absolute atomic E-state index is 11.3. The molecule has 0 aliphatic heterocycles. The lowest BCUT2D eigenvalue weighted by atomic mass is 10.3. The third-order valence-corrected chi connectivity index (χ3v) is 3.99. The van der Waals surface area contributed by atoms with E-state index >= 15 is 0 Å². The Morgan fingerprint density at radius 2 is 2.14 bits per heavy atom. The molecule has 0 radical (unpaired) electrons. The highest BCUT2D eigenvalue weighted by Crippen LogP contribution is 2.29. The van der Waals surface area contributed by atoms with Crippen molar-refractivity contribution in [3.63, 3.8) is 0 Å². The Labute approximate surface area is 124 Å². The number of fused-ring (bicyclic) bond motifs is 1. The van der Waals surface area contributed by atoms with Crippen molar-refractivity contribution in [2.45, 2.75) is 10.6 Å². The molecule has 3 rings (SSSR count). The Morgan fingerprint density at radius 1 is 1.29 bits per heavy atom. The zero-order chi connectivity index (χ0) is 14.8. The molecule has 0 unspecified atom stereocenters. The first-order valence-electron chi connectivity index (χ1n) is 6.24. The van der Waals surface area contributed by atoms with Gasteiger partial charge < -0.3 is 15.8 Å². The van der Waals surface area contributed by atoms with Gasteiger partial charge in [-0.2, -0.15) is 4.40 Å². The van der Waals surface area contributed by atoms with Gasteiger partial charge in [0.15, 0.2) is 0 Å². The third kappa shape index (κ3) is 2.68. The molecule has 0 saturated carbocycles. The Balaban J connectivity index is 1.93. The number of thioether (sulfide) groups is 1. The minimum Gasteiger partial charge on any atom is -0.399 e. The van der Waals surface area contributed by atoms with Gasteiger partial charge in [0.2, 0.25) is 5.65 Å². The number of imidazole rings is 1. The Bertz CT molecular complexity index is 816. The highest BCUT2D eigenvalue weighted by molar-refractivity contribution is 7.98. The van der Waals surface area contributed by atoms with Crippen LogP contribution in [0.1, 0.15) is 5.69 Å². The molecule has 6 nitrogen and oxygen atoms in total. The lowest BCUT2D eigenvalue weighted by Crippen LogP contribution is -1.96. The average Bonchev–Trinajstić information content (AvgIpc) is 2.83. The summed E-state index contributed by atoms with van der Waals surface area (Å²) in [5.74, 6) is 0.434. The number of nitrogens with two attached hydrogens (primary N) is 1. The molecular formula is C14H12N4O2S. The number of hydrogen-bond acceptors (Lipinski definition) is 5. The summed E-state index contributed by atoms with van der Waals surface area (Å²) < 4.78 is 1.50. The maximum atomic E-state index is 11.3. The minimum absolute atomic E-state index is 0.0157. The number of anilines is 1. The topological polar surface area (TPSA) is 86.5 Å². The van der Waals surface area contributed by atoms with Gasteiger partial charge in [0.25, 0.3) is 0 Å². The summed E-state index contributed by atoms with van der Waals surface area (Å²) in [5, 5.41) is 11.3. The first kappa shape index (κ1) is 13.4. The highest BCUT2D eigenvalue weighted by Gasteiger charge is 2.21. The molecule has 0 aliphatic rings. The van der Waals surface area contributed by atoms with E-state index in [2.05, 4.69) is 4.98 Å². The van der Waals surface area contributed by atoms with Gasteiger partial charge in [0, 0.05) is 22.4 Å². The summed E-state index contributed by atoms with van der Waals surface area (Å²) in [5.41, 5.74) is 7.43. The van der Waals surface area contributed by atoms with Gasteiger partial charge in [0.05, 0.1) is 6.20 Å². The first-order valence-corrected chi connectivity index (χ1v) is 7.22. The summed E-state index contributed by atoms with van der Waals surface area (Å²) in [7, 11) is 0. The quantitative estimate of drug-likeness (QED) is 0.346. The fourth-order valence-corrected chi connectivity index (χ4v) is 2.97. The van der Waals surface area contributed by atoms with Gasteiger partial charge in [-0.3, -0.25) is 0 Å². The molecule has 0 atom stereocenters. The number of pyridine rings is 1. The van der Waals surface area contributed by atoms with E-state index in [1.807, 2.05) is 18.2 Å². The monoisotopic (exact) mass is 300 g/mol. The summed E-state index contributed by atoms with van der Waals surface area (Å²) in [6.07, 6.45) is 1.65.